The first kappa shape index (κ1) is 16.4. The first-order valence-electron chi connectivity index (χ1n) is 7.69. The lowest BCUT2D eigenvalue weighted by Gasteiger charge is -2.24. The molecule has 24 heavy (non-hydrogen) atoms. The second-order valence-electron chi connectivity index (χ2n) is 5.55. The quantitative estimate of drug-likeness (QED) is 0.915. The van der Waals surface area contributed by atoms with Gasteiger partial charge in [0, 0.05) is 36.7 Å². The Hall–Kier alpha value is -2.42. The van der Waals surface area contributed by atoms with Gasteiger partial charge in [0.05, 0.1) is 18.8 Å². The first-order chi connectivity index (χ1) is 11.5. The Balaban J connectivity index is 1.71. The van der Waals surface area contributed by atoms with E-state index in [0.29, 0.717) is 36.9 Å². The van der Waals surface area contributed by atoms with Crippen molar-refractivity contribution in [2.24, 2.45) is 7.05 Å². The van der Waals surface area contributed by atoms with Gasteiger partial charge in [-0.3, -0.25) is 14.8 Å². The molecular weight excluding hydrogens is 330 g/mol. The molecule has 0 fully saturated rings. The maximum Gasteiger partial charge on any atom is 0.410 e. The topological polar surface area (TPSA) is 89.3 Å². The highest BCUT2D eigenvalue weighted by Gasteiger charge is 2.25. The molecule has 0 saturated carbocycles. The minimum Gasteiger partial charge on any atom is -0.450 e. The van der Waals surface area contributed by atoms with Crippen LogP contribution >= 0.6 is 11.3 Å². The van der Waals surface area contributed by atoms with E-state index in [-0.39, 0.29) is 12.0 Å². The molecular formula is C15H19N5O3S. The summed E-state index contributed by atoms with van der Waals surface area (Å²) in [5.74, 6) is -0.276. The number of carbonyl (C=O) groups excluding carboxylic acids is 2. The zero-order chi connectivity index (χ0) is 17.3. The number of thiazole rings is 1. The van der Waals surface area contributed by atoms with Crippen molar-refractivity contribution in [3.8, 4) is 0 Å². The highest BCUT2D eigenvalue weighted by Crippen LogP contribution is 2.29. The van der Waals surface area contributed by atoms with Gasteiger partial charge in [-0.15, -0.1) is 0 Å². The van der Waals surface area contributed by atoms with Gasteiger partial charge in [0.25, 0.3) is 5.91 Å². The number of aromatic nitrogens is 3. The number of anilines is 1. The van der Waals surface area contributed by atoms with Gasteiger partial charge in [-0.1, -0.05) is 11.3 Å². The van der Waals surface area contributed by atoms with Crippen molar-refractivity contribution >= 4 is 28.5 Å². The van der Waals surface area contributed by atoms with Gasteiger partial charge in [-0.25, -0.2) is 9.78 Å². The van der Waals surface area contributed by atoms with Gasteiger partial charge >= 0.3 is 6.09 Å². The molecule has 2 aromatic rings. The van der Waals surface area contributed by atoms with E-state index >= 15 is 0 Å². The summed E-state index contributed by atoms with van der Waals surface area (Å²) in [6.07, 6.45) is 2.13. The Labute approximate surface area is 143 Å². The van der Waals surface area contributed by atoms with Crippen molar-refractivity contribution < 1.29 is 14.3 Å². The van der Waals surface area contributed by atoms with Crippen LogP contribution < -0.4 is 5.32 Å². The second-order valence-corrected chi connectivity index (χ2v) is 6.63. The van der Waals surface area contributed by atoms with Gasteiger partial charge in [-0.05, 0) is 13.8 Å². The number of ether oxygens (including phenoxy) is 1. The standard InChI is InChI=1S/C15H19N5O3S/c1-4-23-15(22)20-6-5-10-11(8-20)24-14(16-10)17-13(21)12-9(2)7-19(3)18-12/h7H,4-6,8H2,1-3H3,(H,16,17,21). The van der Waals surface area contributed by atoms with Crippen LogP contribution in [0.5, 0.6) is 0 Å². The number of fused-ring (bicyclic) bond motifs is 1. The third-order valence-corrected chi connectivity index (χ3v) is 4.70. The zero-order valence-electron chi connectivity index (χ0n) is 13.8. The van der Waals surface area contributed by atoms with E-state index in [1.807, 2.05) is 6.92 Å². The maximum absolute atomic E-state index is 12.3. The Morgan fingerprint density at radius 2 is 2.25 bits per heavy atom. The third kappa shape index (κ3) is 3.25. The van der Waals surface area contributed by atoms with E-state index in [2.05, 4.69) is 15.4 Å². The van der Waals surface area contributed by atoms with Gasteiger partial charge in [-0.2, -0.15) is 5.10 Å². The average Bonchev–Trinajstić information content (AvgIpc) is 3.08. The van der Waals surface area contributed by atoms with Gasteiger partial charge in [0.1, 0.15) is 0 Å². The van der Waals surface area contributed by atoms with E-state index in [9.17, 15) is 9.59 Å². The molecule has 1 aliphatic rings. The van der Waals surface area contributed by atoms with Crippen molar-refractivity contribution in [3.05, 3.63) is 28.0 Å². The van der Waals surface area contributed by atoms with Gasteiger partial charge in [0.2, 0.25) is 0 Å². The molecule has 0 radical (unpaired) electrons. The van der Waals surface area contributed by atoms with Crippen molar-refractivity contribution in [3.63, 3.8) is 0 Å². The third-order valence-electron chi connectivity index (χ3n) is 3.70. The number of nitrogens with zero attached hydrogens (tertiary/aromatic N) is 4. The molecule has 0 atom stereocenters. The van der Waals surface area contributed by atoms with Crippen LogP contribution in [0.2, 0.25) is 0 Å². The van der Waals surface area contributed by atoms with Gasteiger partial charge in [0.15, 0.2) is 10.8 Å². The fraction of sp³-hybridized carbons (Fsp3) is 0.467. The summed E-state index contributed by atoms with van der Waals surface area (Å²) >= 11 is 1.38. The summed E-state index contributed by atoms with van der Waals surface area (Å²) in [6.45, 7) is 5.02. The van der Waals surface area contributed by atoms with E-state index in [4.69, 9.17) is 4.74 Å². The largest absolute Gasteiger partial charge is 0.450 e. The number of carbonyl (C=O) groups is 2. The lowest BCUT2D eigenvalue weighted by atomic mass is 10.2. The molecule has 0 bridgehead atoms. The summed E-state index contributed by atoms with van der Waals surface area (Å²) in [5.41, 5.74) is 2.12. The van der Waals surface area contributed by atoms with Crippen LogP contribution in [0.1, 0.15) is 33.5 Å². The summed E-state index contributed by atoms with van der Waals surface area (Å²) in [6, 6.07) is 0. The van der Waals surface area contributed by atoms with Crippen molar-refractivity contribution in [1.82, 2.24) is 19.7 Å². The molecule has 3 heterocycles. The monoisotopic (exact) mass is 349 g/mol. The minimum absolute atomic E-state index is 0.276. The SMILES string of the molecule is CCOC(=O)N1CCc2nc(NC(=O)c3nn(C)cc3C)sc2C1. The van der Waals surface area contributed by atoms with E-state index in [0.717, 1.165) is 16.1 Å². The molecule has 0 spiro atoms. The average molecular weight is 349 g/mol. The fourth-order valence-electron chi connectivity index (χ4n) is 2.61. The fourth-order valence-corrected chi connectivity index (χ4v) is 3.63. The molecule has 8 nitrogen and oxygen atoms in total. The number of aryl methyl sites for hydroxylation is 2. The molecule has 2 amide bonds. The number of rotatable bonds is 3. The molecule has 0 aliphatic carbocycles. The zero-order valence-corrected chi connectivity index (χ0v) is 14.6. The maximum atomic E-state index is 12.3. The van der Waals surface area contributed by atoms with Crippen LogP contribution in [0.4, 0.5) is 9.93 Å². The van der Waals surface area contributed by atoms with E-state index in [1.165, 1.54) is 11.3 Å². The normalized spacial score (nSPS) is 13.5. The Bertz CT molecular complexity index is 782. The van der Waals surface area contributed by atoms with Crippen LogP contribution in [0, 0.1) is 6.92 Å². The smallest absolute Gasteiger partial charge is 0.410 e. The molecule has 0 aromatic carbocycles. The highest BCUT2D eigenvalue weighted by molar-refractivity contribution is 7.15. The lowest BCUT2D eigenvalue weighted by Crippen LogP contribution is -2.35. The lowest BCUT2D eigenvalue weighted by molar-refractivity contribution is 0.101. The van der Waals surface area contributed by atoms with Crippen LogP contribution in [-0.4, -0.2) is 44.8 Å². The van der Waals surface area contributed by atoms with Gasteiger partial charge < -0.3 is 9.64 Å². The molecule has 128 valence electrons. The van der Waals surface area contributed by atoms with Crippen LogP contribution in [0.15, 0.2) is 6.20 Å². The second kappa shape index (κ2) is 6.60. The summed E-state index contributed by atoms with van der Waals surface area (Å²) < 4.78 is 6.64. The predicted octanol–water partition coefficient (Wildman–Crippen LogP) is 1.95. The van der Waals surface area contributed by atoms with E-state index in [1.54, 1.807) is 29.7 Å². The van der Waals surface area contributed by atoms with Crippen LogP contribution in [0.25, 0.3) is 0 Å². The summed E-state index contributed by atoms with van der Waals surface area (Å²) in [7, 11) is 1.77. The molecule has 1 N–H and O–H groups in total. The minimum atomic E-state index is -0.314. The van der Waals surface area contributed by atoms with Crippen molar-refractivity contribution in [2.45, 2.75) is 26.8 Å². The number of amides is 2. The summed E-state index contributed by atoms with van der Waals surface area (Å²) in [5, 5.41) is 7.48. The molecule has 2 aromatic heterocycles. The molecule has 1 aliphatic heterocycles. The van der Waals surface area contributed by atoms with E-state index < -0.39 is 0 Å². The Morgan fingerprint density at radius 3 is 2.92 bits per heavy atom. The molecule has 0 unspecified atom stereocenters. The molecule has 3 rings (SSSR count). The van der Waals surface area contributed by atoms with Crippen LogP contribution in [0.3, 0.4) is 0 Å². The summed E-state index contributed by atoms with van der Waals surface area (Å²) in [4.78, 5) is 31.2. The molecule has 0 saturated heterocycles. The highest BCUT2D eigenvalue weighted by atomic mass is 32.1. The van der Waals surface area contributed by atoms with Crippen molar-refractivity contribution in [2.75, 3.05) is 18.5 Å². The number of hydrogen-bond acceptors (Lipinski definition) is 6. The Morgan fingerprint density at radius 1 is 1.46 bits per heavy atom. The number of hydrogen-bond donors (Lipinski definition) is 1. The van der Waals surface area contributed by atoms with Crippen LogP contribution in [-0.2, 0) is 24.8 Å². The predicted molar refractivity (Wildman–Crippen MR) is 89.1 cm³/mol. The first-order valence-corrected chi connectivity index (χ1v) is 8.51. The molecule has 9 heteroatoms. The van der Waals surface area contributed by atoms with Crippen molar-refractivity contribution in [1.29, 1.82) is 0 Å². The Kier molecular flexibility index (Phi) is 4.52. The number of nitrogens with one attached hydrogen (secondary N) is 1.